The molecule has 4 nitrogen and oxygen atoms in total. The Labute approximate surface area is 451 Å². The third-order valence-corrected chi connectivity index (χ3v) is 14.7. The van der Waals surface area contributed by atoms with Crippen molar-refractivity contribution in [3.05, 3.63) is 142 Å². The summed E-state index contributed by atoms with van der Waals surface area (Å²) in [6, 6.07) is 28.8. The van der Waals surface area contributed by atoms with E-state index < -0.39 is 18.8 Å². The van der Waals surface area contributed by atoms with E-state index in [9.17, 15) is 18.7 Å². The number of fused-ring (bicyclic) bond motifs is 2. The van der Waals surface area contributed by atoms with Crippen molar-refractivity contribution >= 4 is 27.3 Å². The molecule has 0 amide bonds. The van der Waals surface area contributed by atoms with Crippen LogP contribution >= 0.6 is 0 Å². The number of ketones is 1. The molecule has 2 heterocycles. The minimum atomic E-state index is -2.46. The van der Waals surface area contributed by atoms with Crippen LogP contribution in [0.2, 0.25) is 0 Å². The molecule has 0 aliphatic heterocycles. The molecule has 0 saturated heterocycles. The van der Waals surface area contributed by atoms with Gasteiger partial charge in [-0.3, -0.25) is 4.79 Å². The number of carbonyl (C=O) groups excluding carboxylic acids is 1. The molecule has 0 spiro atoms. The molecule has 7 heteroatoms. The normalized spacial score (nSPS) is 15.8. The molecule has 389 valence electrons. The third-order valence-electron chi connectivity index (χ3n) is 14.7. The summed E-state index contributed by atoms with van der Waals surface area (Å²) in [5, 5.41) is 13.2. The first kappa shape index (κ1) is 52.3. The molecule has 2 fully saturated rings. The summed E-state index contributed by atoms with van der Waals surface area (Å²) in [5.74, 6) is 0.412. The summed E-state index contributed by atoms with van der Waals surface area (Å²) in [7, 11) is 0. The van der Waals surface area contributed by atoms with E-state index in [1.165, 1.54) is 73.6 Å². The molecule has 6 aromatic rings. The van der Waals surface area contributed by atoms with Crippen LogP contribution in [0, 0.1) is 49.7 Å². The Hall–Kier alpha value is -4.58. The summed E-state index contributed by atoms with van der Waals surface area (Å²) in [5.41, 5.74) is 10.6. The number of allylic oxidation sites excluding steroid dienone is 2. The quantitative estimate of drug-likeness (QED) is 0.0671. The smallest absolute Gasteiger partial charge is 0.239 e. The predicted octanol–water partition coefficient (Wildman–Crippen LogP) is 18.2. The molecule has 2 aromatic heterocycles. The molecule has 1 radical (unpaired) electrons. The molecule has 1 N–H and O–H groups in total. The van der Waals surface area contributed by atoms with Crippen LogP contribution in [0.4, 0.5) is 8.78 Å². The van der Waals surface area contributed by atoms with Crippen LogP contribution in [0.15, 0.2) is 96.9 Å². The van der Waals surface area contributed by atoms with Crippen molar-refractivity contribution in [2.45, 2.75) is 183 Å². The number of hydrogen-bond donors (Lipinski definition) is 1. The minimum absolute atomic E-state index is 0. The number of aliphatic hydroxyl groups is 1. The van der Waals surface area contributed by atoms with E-state index in [1.54, 1.807) is 6.92 Å². The second-order valence-corrected chi connectivity index (χ2v) is 22.5. The first-order valence-electron chi connectivity index (χ1n) is 28.5. The molecule has 2 aliphatic carbocycles. The SMILES string of the molecule is CCC(CC)C(=O)/C=C(\O)C(CC)CC(F)F.[2H]c1nc(-c2[c-]c(C)cc(C(C)(C)C)c2)c2ccc(CC3CCCC3)cc2c1[2H].[2H]c1nc(-c2[c-]c(C)cc(C(C)(C)C)c2)c2ccc(CC3CCCC3)cc2c1[2H].[Ir]. The van der Waals surface area contributed by atoms with Crippen LogP contribution in [0.25, 0.3) is 44.1 Å². The number of alkyl halides is 2. The molecule has 0 bridgehead atoms. The Morgan fingerprint density at radius 1 is 0.681 bits per heavy atom. The minimum Gasteiger partial charge on any atom is -0.512 e. The van der Waals surface area contributed by atoms with E-state index in [0.717, 1.165) is 85.9 Å². The number of carbonyl (C=O) groups is 1. The average Bonchev–Trinajstić information content (AvgIpc) is 4.08. The Morgan fingerprint density at radius 2 is 1.08 bits per heavy atom. The fourth-order valence-electron chi connectivity index (χ4n) is 10.3. The van der Waals surface area contributed by atoms with E-state index in [2.05, 4.69) is 138 Å². The van der Waals surface area contributed by atoms with Crippen LogP contribution in [0.3, 0.4) is 0 Å². The van der Waals surface area contributed by atoms with Gasteiger partial charge in [0.2, 0.25) is 6.43 Å². The Kier molecular flexibility index (Phi) is 19.3. The molecule has 72 heavy (non-hydrogen) atoms. The third kappa shape index (κ3) is 16.2. The summed E-state index contributed by atoms with van der Waals surface area (Å²) < 4.78 is 58.0. The van der Waals surface area contributed by atoms with Crippen molar-refractivity contribution in [1.29, 1.82) is 0 Å². The molecule has 1 unspecified atom stereocenters. The van der Waals surface area contributed by atoms with Crippen LogP contribution in [-0.4, -0.2) is 27.3 Å². The second-order valence-electron chi connectivity index (χ2n) is 22.5. The number of benzene rings is 4. The van der Waals surface area contributed by atoms with Gasteiger partial charge in [-0.2, -0.15) is 0 Å². The van der Waals surface area contributed by atoms with Gasteiger partial charge in [0, 0.05) is 56.8 Å². The average molecular weight is 1160 g/mol. The van der Waals surface area contributed by atoms with Crippen molar-refractivity contribution < 1.29 is 44.3 Å². The van der Waals surface area contributed by atoms with Gasteiger partial charge in [0.25, 0.3) is 0 Å². The number of aliphatic hydroxyl groups excluding tert-OH is 1. The van der Waals surface area contributed by atoms with E-state index in [-0.39, 0.29) is 72.8 Å². The van der Waals surface area contributed by atoms with Crippen LogP contribution in [0.1, 0.15) is 178 Å². The fraction of sp³-hybridized carbons (Fsp3) is 0.492. The molecule has 4 aromatic carbocycles. The van der Waals surface area contributed by atoms with Gasteiger partial charge in [-0.25, -0.2) is 8.78 Å². The summed E-state index contributed by atoms with van der Waals surface area (Å²) in [6.07, 6.45) is 12.9. The molecule has 8 rings (SSSR count). The fourth-order valence-corrected chi connectivity index (χ4v) is 10.3. The van der Waals surface area contributed by atoms with Crippen LogP contribution in [-0.2, 0) is 48.6 Å². The number of nitrogens with zero attached hydrogens (tertiary/aromatic N) is 2. The van der Waals surface area contributed by atoms with Gasteiger partial charge in [0.05, 0.1) is 11.2 Å². The standard InChI is InChI=1S/2C26H30N.C13H22F2O2.Ir/c2*1-18-13-22(17-23(14-18)26(2,3)4)25-24-10-9-20(15-19-7-5-6-8-19)16-21(24)11-12-27-25;1-4-9(5-2)11(16)8-12(17)10(6-3)7-13(14)15;/h2*9-12,14,16-17,19H,5-8,15H2,1-4H3;8-10,13,17H,4-7H2,1-3H3;/q2*-1;;/b;;12-8-;/i2*11D,12D;;. The maximum Gasteiger partial charge on any atom is 0.239 e. The van der Waals surface area contributed by atoms with Crippen molar-refractivity contribution in [2.75, 3.05) is 0 Å². The van der Waals surface area contributed by atoms with Crippen molar-refractivity contribution in [1.82, 2.24) is 9.97 Å². The van der Waals surface area contributed by atoms with Crippen molar-refractivity contribution in [3.63, 3.8) is 0 Å². The van der Waals surface area contributed by atoms with E-state index in [0.29, 0.717) is 19.3 Å². The van der Waals surface area contributed by atoms with Gasteiger partial charge < -0.3 is 15.1 Å². The van der Waals surface area contributed by atoms with Crippen LogP contribution in [0.5, 0.6) is 0 Å². The zero-order chi connectivity index (χ0) is 54.9. The van der Waals surface area contributed by atoms with Gasteiger partial charge >= 0.3 is 0 Å². The topological polar surface area (TPSA) is 63.1 Å². The Morgan fingerprint density at radius 3 is 1.44 bits per heavy atom. The van der Waals surface area contributed by atoms with E-state index in [4.69, 9.17) is 5.48 Å². The molecular weight excluding hydrogens is 1070 g/mol. The van der Waals surface area contributed by atoms with Gasteiger partial charge in [0.15, 0.2) is 5.78 Å². The summed E-state index contributed by atoms with van der Waals surface area (Å²) in [4.78, 5) is 20.7. The first-order chi connectivity index (χ1) is 35.4. The first-order valence-corrected chi connectivity index (χ1v) is 26.5. The predicted molar refractivity (Wildman–Crippen MR) is 294 cm³/mol. The van der Waals surface area contributed by atoms with Crippen molar-refractivity contribution in [2.24, 2.45) is 23.7 Å². The number of halogens is 2. The number of pyridine rings is 2. The second kappa shape index (κ2) is 26.6. The van der Waals surface area contributed by atoms with Crippen LogP contribution < -0.4 is 0 Å². The largest absolute Gasteiger partial charge is 0.512 e. The van der Waals surface area contributed by atoms with Crippen molar-refractivity contribution in [3.8, 4) is 22.5 Å². The van der Waals surface area contributed by atoms with Gasteiger partial charge in [0.1, 0.15) is 0 Å². The Bertz CT molecular complexity index is 2790. The summed E-state index contributed by atoms with van der Waals surface area (Å²) >= 11 is 0. The zero-order valence-electron chi connectivity index (χ0n) is 49.0. The number of aryl methyl sites for hydroxylation is 2. The molecule has 2 aliphatic rings. The Balaban J connectivity index is 0.000000218. The monoisotopic (exact) mass is 1160 g/mol. The maximum absolute atomic E-state index is 12.2. The molecule has 2 saturated carbocycles. The maximum atomic E-state index is 12.2. The summed E-state index contributed by atoms with van der Waals surface area (Å²) in [6.45, 7) is 22.8. The number of hydrogen-bond acceptors (Lipinski definition) is 4. The van der Waals surface area contributed by atoms with E-state index in [1.807, 2.05) is 13.8 Å². The number of rotatable bonds is 14. The molecular formula is C65H82F2IrN2O2-2. The van der Waals surface area contributed by atoms with Gasteiger partial charge in [-0.05, 0) is 111 Å². The van der Waals surface area contributed by atoms with Gasteiger partial charge in [-0.1, -0.05) is 164 Å². The number of aromatic nitrogens is 2. The van der Waals surface area contributed by atoms with E-state index >= 15 is 0 Å². The molecule has 1 atom stereocenters. The zero-order valence-corrected chi connectivity index (χ0v) is 47.4. The van der Waals surface area contributed by atoms with Gasteiger partial charge in [-0.15, -0.1) is 69.8 Å².